The van der Waals surface area contributed by atoms with Crippen molar-refractivity contribution in [2.24, 2.45) is 5.73 Å². The average molecular weight is 248 g/mol. The normalized spacial score (nSPS) is 13.0. The van der Waals surface area contributed by atoms with Gasteiger partial charge >= 0.3 is 0 Å². The number of carbonyl (C=O) groups excluding carboxylic acids is 1. The zero-order chi connectivity index (χ0) is 13.0. The van der Waals surface area contributed by atoms with Crippen LogP contribution in [0.25, 0.3) is 0 Å². The molecule has 0 atom stereocenters. The Morgan fingerprint density at radius 1 is 1.50 bits per heavy atom. The van der Waals surface area contributed by atoms with Gasteiger partial charge in [-0.05, 0) is 30.2 Å². The van der Waals surface area contributed by atoms with Crippen LogP contribution in [0, 0.1) is 0 Å². The zero-order valence-electron chi connectivity index (χ0n) is 10.8. The number of nitrogens with two attached hydrogens (primary N) is 1. The first-order valence-corrected chi connectivity index (χ1v) is 6.39. The van der Waals surface area contributed by atoms with E-state index in [0.717, 1.165) is 30.8 Å². The Morgan fingerprint density at radius 2 is 2.33 bits per heavy atom. The number of hydrogen-bond acceptors (Lipinski definition) is 3. The van der Waals surface area contributed by atoms with Crippen LogP contribution in [0.4, 0.5) is 0 Å². The first kappa shape index (κ1) is 12.9. The number of rotatable bonds is 5. The second kappa shape index (κ2) is 5.87. The van der Waals surface area contributed by atoms with Gasteiger partial charge in [0.2, 0.25) is 5.91 Å². The van der Waals surface area contributed by atoms with Crippen molar-refractivity contribution < 1.29 is 9.53 Å². The summed E-state index contributed by atoms with van der Waals surface area (Å²) in [6, 6.07) is 6.15. The largest absolute Gasteiger partial charge is 0.493 e. The van der Waals surface area contributed by atoms with Gasteiger partial charge in [0.15, 0.2) is 0 Å². The molecule has 1 aromatic carbocycles. The standard InChI is InChI=1S/C14H20N2O2/c1-16(14(17)3-2-7-15)10-11-4-5-13-12(9-11)6-8-18-13/h4-5,9H,2-3,6-8,10,15H2,1H3. The Bertz CT molecular complexity index is 432. The molecule has 0 saturated heterocycles. The summed E-state index contributed by atoms with van der Waals surface area (Å²) in [5.74, 6) is 1.13. The summed E-state index contributed by atoms with van der Waals surface area (Å²) in [5.41, 5.74) is 7.81. The molecule has 4 nitrogen and oxygen atoms in total. The maximum absolute atomic E-state index is 11.8. The summed E-state index contributed by atoms with van der Waals surface area (Å²) < 4.78 is 5.46. The predicted octanol–water partition coefficient (Wildman–Crippen LogP) is 1.32. The second-order valence-corrected chi connectivity index (χ2v) is 4.68. The SMILES string of the molecule is CN(Cc1ccc2c(c1)CCO2)C(=O)CCCN. The lowest BCUT2D eigenvalue weighted by Crippen LogP contribution is -2.26. The van der Waals surface area contributed by atoms with E-state index in [1.165, 1.54) is 5.56 Å². The highest BCUT2D eigenvalue weighted by molar-refractivity contribution is 5.75. The van der Waals surface area contributed by atoms with Gasteiger partial charge in [0, 0.05) is 26.4 Å². The van der Waals surface area contributed by atoms with Crippen molar-refractivity contribution in [2.45, 2.75) is 25.8 Å². The monoisotopic (exact) mass is 248 g/mol. The van der Waals surface area contributed by atoms with Crippen molar-refractivity contribution in [3.63, 3.8) is 0 Å². The maximum Gasteiger partial charge on any atom is 0.222 e. The summed E-state index contributed by atoms with van der Waals surface area (Å²) in [6.45, 7) is 1.98. The van der Waals surface area contributed by atoms with E-state index < -0.39 is 0 Å². The van der Waals surface area contributed by atoms with Gasteiger partial charge in [-0.3, -0.25) is 4.79 Å². The zero-order valence-corrected chi connectivity index (χ0v) is 10.8. The van der Waals surface area contributed by atoms with E-state index in [4.69, 9.17) is 10.5 Å². The summed E-state index contributed by atoms with van der Waals surface area (Å²) in [7, 11) is 1.84. The number of fused-ring (bicyclic) bond motifs is 1. The van der Waals surface area contributed by atoms with Crippen LogP contribution >= 0.6 is 0 Å². The molecule has 0 aromatic heterocycles. The van der Waals surface area contributed by atoms with Gasteiger partial charge in [0.25, 0.3) is 0 Å². The molecular formula is C14H20N2O2. The number of carbonyl (C=O) groups is 1. The minimum Gasteiger partial charge on any atom is -0.493 e. The molecule has 1 heterocycles. The fourth-order valence-electron chi connectivity index (χ4n) is 2.14. The average Bonchev–Trinajstić information content (AvgIpc) is 2.83. The summed E-state index contributed by atoms with van der Waals surface area (Å²) in [5, 5.41) is 0. The number of ether oxygens (including phenoxy) is 1. The van der Waals surface area contributed by atoms with Crippen LogP contribution in [0.2, 0.25) is 0 Å². The Balaban J connectivity index is 1.94. The smallest absolute Gasteiger partial charge is 0.222 e. The van der Waals surface area contributed by atoms with E-state index in [1.807, 2.05) is 19.2 Å². The van der Waals surface area contributed by atoms with Gasteiger partial charge in [0.05, 0.1) is 6.61 Å². The van der Waals surface area contributed by atoms with Crippen molar-refractivity contribution in [3.8, 4) is 5.75 Å². The molecule has 1 aromatic rings. The van der Waals surface area contributed by atoms with E-state index in [2.05, 4.69) is 6.07 Å². The number of benzene rings is 1. The van der Waals surface area contributed by atoms with Crippen LogP contribution in [0.5, 0.6) is 5.75 Å². The molecule has 0 unspecified atom stereocenters. The van der Waals surface area contributed by atoms with Crippen LogP contribution in [-0.2, 0) is 17.8 Å². The van der Waals surface area contributed by atoms with Gasteiger partial charge < -0.3 is 15.4 Å². The van der Waals surface area contributed by atoms with Crippen LogP contribution in [0.15, 0.2) is 18.2 Å². The van der Waals surface area contributed by atoms with Crippen molar-refractivity contribution in [2.75, 3.05) is 20.2 Å². The molecule has 0 bridgehead atoms. The second-order valence-electron chi connectivity index (χ2n) is 4.68. The number of amides is 1. The molecule has 2 N–H and O–H groups in total. The molecule has 1 aliphatic rings. The Morgan fingerprint density at radius 3 is 3.11 bits per heavy atom. The highest BCUT2D eigenvalue weighted by atomic mass is 16.5. The highest BCUT2D eigenvalue weighted by Crippen LogP contribution is 2.26. The van der Waals surface area contributed by atoms with Crippen LogP contribution in [0.1, 0.15) is 24.0 Å². The summed E-state index contributed by atoms with van der Waals surface area (Å²) in [6.07, 6.45) is 2.25. The number of nitrogens with zero attached hydrogens (tertiary/aromatic N) is 1. The van der Waals surface area contributed by atoms with Gasteiger partial charge in [0.1, 0.15) is 5.75 Å². The van der Waals surface area contributed by atoms with E-state index >= 15 is 0 Å². The molecule has 0 aliphatic carbocycles. The minimum atomic E-state index is 0.150. The van der Waals surface area contributed by atoms with Crippen molar-refractivity contribution >= 4 is 5.91 Å². The Labute approximate surface area is 108 Å². The lowest BCUT2D eigenvalue weighted by atomic mass is 10.1. The molecule has 98 valence electrons. The molecule has 0 saturated carbocycles. The molecule has 18 heavy (non-hydrogen) atoms. The molecule has 0 radical (unpaired) electrons. The quantitative estimate of drug-likeness (QED) is 0.855. The Hall–Kier alpha value is -1.55. The molecular weight excluding hydrogens is 228 g/mol. The first-order chi connectivity index (χ1) is 8.70. The Kier molecular flexibility index (Phi) is 4.20. The summed E-state index contributed by atoms with van der Waals surface area (Å²) >= 11 is 0. The minimum absolute atomic E-state index is 0.150. The topological polar surface area (TPSA) is 55.6 Å². The van der Waals surface area contributed by atoms with Crippen LogP contribution in [0.3, 0.4) is 0 Å². The van der Waals surface area contributed by atoms with Crippen molar-refractivity contribution in [3.05, 3.63) is 29.3 Å². The third-order valence-electron chi connectivity index (χ3n) is 3.19. The van der Waals surface area contributed by atoms with E-state index in [-0.39, 0.29) is 5.91 Å². The fourth-order valence-corrected chi connectivity index (χ4v) is 2.14. The predicted molar refractivity (Wildman–Crippen MR) is 70.4 cm³/mol. The molecule has 2 rings (SSSR count). The molecule has 4 heteroatoms. The lowest BCUT2D eigenvalue weighted by molar-refractivity contribution is -0.130. The molecule has 0 fully saturated rings. The van der Waals surface area contributed by atoms with Gasteiger partial charge in [-0.25, -0.2) is 0 Å². The molecule has 1 aliphatic heterocycles. The first-order valence-electron chi connectivity index (χ1n) is 6.39. The van der Waals surface area contributed by atoms with Crippen LogP contribution < -0.4 is 10.5 Å². The third-order valence-corrected chi connectivity index (χ3v) is 3.19. The molecule has 1 amide bonds. The van der Waals surface area contributed by atoms with E-state index in [9.17, 15) is 4.79 Å². The highest BCUT2D eigenvalue weighted by Gasteiger charge is 2.14. The maximum atomic E-state index is 11.8. The van der Waals surface area contributed by atoms with E-state index in [0.29, 0.717) is 19.5 Å². The third kappa shape index (κ3) is 3.01. The number of hydrogen-bond donors (Lipinski definition) is 1. The van der Waals surface area contributed by atoms with Gasteiger partial charge in [-0.1, -0.05) is 12.1 Å². The van der Waals surface area contributed by atoms with Crippen molar-refractivity contribution in [1.82, 2.24) is 4.90 Å². The van der Waals surface area contributed by atoms with Gasteiger partial charge in [-0.2, -0.15) is 0 Å². The fraction of sp³-hybridized carbons (Fsp3) is 0.500. The molecule has 0 spiro atoms. The van der Waals surface area contributed by atoms with E-state index in [1.54, 1.807) is 4.90 Å². The van der Waals surface area contributed by atoms with Crippen molar-refractivity contribution in [1.29, 1.82) is 0 Å². The summed E-state index contributed by atoms with van der Waals surface area (Å²) in [4.78, 5) is 13.5. The van der Waals surface area contributed by atoms with Crippen LogP contribution in [-0.4, -0.2) is 31.0 Å². The lowest BCUT2D eigenvalue weighted by Gasteiger charge is -2.17. The van der Waals surface area contributed by atoms with Gasteiger partial charge in [-0.15, -0.1) is 0 Å².